The number of aromatic nitrogens is 3. The molecule has 5 nitrogen and oxygen atoms in total. The van der Waals surface area contributed by atoms with Crippen LogP contribution < -0.4 is 4.74 Å². The first-order chi connectivity index (χ1) is 11.7. The number of aromatic amines is 1. The molecule has 1 N–H and O–H groups in total. The van der Waals surface area contributed by atoms with E-state index < -0.39 is 0 Å². The highest BCUT2D eigenvalue weighted by Crippen LogP contribution is 2.27. The number of nitrogens with one attached hydrogen (secondary N) is 1. The van der Waals surface area contributed by atoms with Gasteiger partial charge in [0, 0.05) is 5.56 Å². The molecule has 0 saturated carbocycles. The number of hydrogen-bond acceptors (Lipinski definition) is 4. The van der Waals surface area contributed by atoms with Gasteiger partial charge in [-0.05, 0) is 42.4 Å². The first-order valence-electron chi connectivity index (χ1n) is 8.03. The van der Waals surface area contributed by atoms with Crippen LogP contribution in [0.1, 0.15) is 31.2 Å². The van der Waals surface area contributed by atoms with Gasteiger partial charge in [-0.2, -0.15) is 14.9 Å². The molecule has 0 aliphatic carbocycles. The number of unbranched alkanes of at least 4 members (excludes halogenated alkanes) is 1. The molecule has 1 heterocycles. The maximum absolute atomic E-state index is 5.97. The quantitative estimate of drug-likeness (QED) is 0.409. The predicted octanol–water partition coefficient (Wildman–Crippen LogP) is 4.46. The van der Waals surface area contributed by atoms with E-state index >= 15 is 0 Å². The van der Waals surface area contributed by atoms with E-state index in [0.717, 1.165) is 34.9 Å². The van der Waals surface area contributed by atoms with Crippen molar-refractivity contribution < 1.29 is 4.74 Å². The molecule has 24 heavy (non-hydrogen) atoms. The van der Waals surface area contributed by atoms with Crippen molar-refractivity contribution in [3.05, 3.63) is 52.6 Å². The van der Waals surface area contributed by atoms with Crippen molar-refractivity contribution in [2.45, 2.75) is 26.7 Å². The molecule has 2 aromatic carbocycles. The van der Waals surface area contributed by atoms with Crippen LogP contribution in [0.5, 0.6) is 5.75 Å². The molecule has 0 radical (unpaired) electrons. The third-order valence-corrected chi connectivity index (χ3v) is 4.06. The molecule has 0 aliphatic heterocycles. The summed E-state index contributed by atoms with van der Waals surface area (Å²) in [5.41, 5.74) is 0.951. The first kappa shape index (κ1) is 16.4. The van der Waals surface area contributed by atoms with Gasteiger partial charge in [-0.15, -0.1) is 0 Å². The van der Waals surface area contributed by atoms with Crippen LogP contribution >= 0.6 is 12.2 Å². The predicted molar refractivity (Wildman–Crippen MR) is 99.5 cm³/mol. The number of benzene rings is 2. The molecule has 0 atom stereocenters. The highest BCUT2D eigenvalue weighted by atomic mass is 32.1. The molecule has 124 valence electrons. The molecule has 0 amide bonds. The fraction of sp³-hybridized carbons (Fsp3) is 0.278. The van der Waals surface area contributed by atoms with Gasteiger partial charge < -0.3 is 4.74 Å². The molecule has 0 bridgehead atoms. The van der Waals surface area contributed by atoms with Crippen molar-refractivity contribution in [1.82, 2.24) is 14.9 Å². The van der Waals surface area contributed by atoms with Gasteiger partial charge in [0.05, 0.1) is 12.8 Å². The minimum absolute atomic E-state index is 0.470. The molecule has 0 aliphatic rings. The summed E-state index contributed by atoms with van der Waals surface area (Å²) in [5.74, 6) is 1.54. The van der Waals surface area contributed by atoms with Crippen LogP contribution in [-0.2, 0) is 0 Å². The maximum Gasteiger partial charge on any atom is 0.216 e. The molecule has 0 saturated heterocycles. The van der Waals surface area contributed by atoms with E-state index in [0.29, 0.717) is 17.2 Å². The van der Waals surface area contributed by atoms with E-state index in [1.165, 1.54) is 0 Å². The maximum atomic E-state index is 5.97. The molecule has 6 heteroatoms. The normalized spacial score (nSPS) is 11.4. The molecule has 0 unspecified atom stereocenters. The lowest BCUT2D eigenvalue weighted by Crippen LogP contribution is -2.01. The highest BCUT2D eigenvalue weighted by Gasteiger charge is 2.08. The van der Waals surface area contributed by atoms with E-state index in [-0.39, 0.29) is 0 Å². The van der Waals surface area contributed by atoms with Crippen LogP contribution in [-0.4, -0.2) is 27.7 Å². The Morgan fingerprint density at radius 3 is 2.88 bits per heavy atom. The Kier molecular flexibility index (Phi) is 5.05. The van der Waals surface area contributed by atoms with E-state index in [2.05, 4.69) is 40.4 Å². The second-order valence-corrected chi connectivity index (χ2v) is 5.92. The Morgan fingerprint density at radius 2 is 2.12 bits per heavy atom. The van der Waals surface area contributed by atoms with Gasteiger partial charge in [0.25, 0.3) is 0 Å². The smallest absolute Gasteiger partial charge is 0.216 e. The summed E-state index contributed by atoms with van der Waals surface area (Å²) in [6.45, 7) is 4.70. The highest BCUT2D eigenvalue weighted by molar-refractivity contribution is 7.71. The van der Waals surface area contributed by atoms with Crippen molar-refractivity contribution in [3.63, 3.8) is 0 Å². The summed E-state index contributed by atoms with van der Waals surface area (Å²) in [6, 6.07) is 12.3. The lowest BCUT2D eigenvalue weighted by Gasteiger charge is -2.11. The van der Waals surface area contributed by atoms with Gasteiger partial charge in [-0.3, -0.25) is 5.10 Å². The molecule has 0 spiro atoms. The van der Waals surface area contributed by atoms with Crippen molar-refractivity contribution >= 4 is 29.2 Å². The lowest BCUT2D eigenvalue weighted by atomic mass is 10.0. The monoisotopic (exact) mass is 340 g/mol. The number of rotatable bonds is 6. The molecule has 1 aromatic heterocycles. The van der Waals surface area contributed by atoms with Crippen molar-refractivity contribution in [3.8, 4) is 5.75 Å². The topological polar surface area (TPSA) is 55.2 Å². The Morgan fingerprint density at radius 1 is 1.29 bits per heavy atom. The fourth-order valence-electron chi connectivity index (χ4n) is 2.48. The van der Waals surface area contributed by atoms with Gasteiger partial charge in [0.1, 0.15) is 11.6 Å². The zero-order valence-corrected chi connectivity index (χ0v) is 14.6. The average molecular weight is 340 g/mol. The zero-order valence-electron chi connectivity index (χ0n) is 13.8. The molecular weight excluding hydrogens is 320 g/mol. The second-order valence-electron chi connectivity index (χ2n) is 5.53. The molecule has 3 aromatic rings. The Bertz CT molecular complexity index is 926. The Labute approximate surface area is 146 Å². The van der Waals surface area contributed by atoms with Gasteiger partial charge >= 0.3 is 0 Å². The van der Waals surface area contributed by atoms with Crippen LogP contribution in [0.15, 0.2) is 41.5 Å². The molecule has 3 rings (SSSR count). The van der Waals surface area contributed by atoms with E-state index in [9.17, 15) is 0 Å². The number of ether oxygens (including phenoxy) is 1. The largest absolute Gasteiger partial charge is 0.493 e. The van der Waals surface area contributed by atoms with Crippen molar-refractivity contribution in [2.24, 2.45) is 5.10 Å². The number of nitrogens with zero attached hydrogens (tertiary/aromatic N) is 3. The summed E-state index contributed by atoms with van der Waals surface area (Å²) >= 11 is 5.20. The summed E-state index contributed by atoms with van der Waals surface area (Å²) in [5, 5.41) is 13.5. The zero-order chi connectivity index (χ0) is 16.9. The molecule has 0 fully saturated rings. The summed E-state index contributed by atoms with van der Waals surface area (Å²) in [7, 11) is 0. The van der Waals surface area contributed by atoms with E-state index in [4.69, 9.17) is 17.0 Å². The van der Waals surface area contributed by atoms with Crippen LogP contribution in [0.3, 0.4) is 0 Å². The fourth-order valence-corrected chi connectivity index (χ4v) is 2.71. The van der Waals surface area contributed by atoms with E-state index in [1.807, 2.05) is 25.1 Å². The second kappa shape index (κ2) is 7.40. The summed E-state index contributed by atoms with van der Waals surface area (Å²) in [6.07, 6.45) is 3.91. The molecular formula is C18H20N4OS. The number of hydrogen-bond donors (Lipinski definition) is 1. The van der Waals surface area contributed by atoms with Crippen LogP contribution in [0, 0.1) is 11.7 Å². The SMILES string of the molecule is CCCCOc1ccc2ccccc2c1/C=N/n1c(C)n[nH]c1=S. The number of fused-ring (bicyclic) bond motifs is 1. The first-order valence-corrected chi connectivity index (χ1v) is 8.44. The van der Waals surface area contributed by atoms with Crippen LogP contribution in [0.4, 0.5) is 0 Å². The van der Waals surface area contributed by atoms with Crippen molar-refractivity contribution in [2.75, 3.05) is 6.61 Å². The van der Waals surface area contributed by atoms with Crippen LogP contribution in [0.2, 0.25) is 0 Å². The third-order valence-electron chi connectivity index (χ3n) is 3.80. The lowest BCUT2D eigenvalue weighted by molar-refractivity contribution is 0.309. The van der Waals surface area contributed by atoms with Gasteiger partial charge in [0.15, 0.2) is 0 Å². The van der Waals surface area contributed by atoms with Gasteiger partial charge in [0.2, 0.25) is 4.77 Å². The van der Waals surface area contributed by atoms with E-state index in [1.54, 1.807) is 10.9 Å². The van der Waals surface area contributed by atoms with Crippen molar-refractivity contribution in [1.29, 1.82) is 0 Å². The Balaban J connectivity index is 2.05. The van der Waals surface area contributed by atoms with Gasteiger partial charge in [-0.25, -0.2) is 0 Å². The Hall–Kier alpha value is -2.47. The third kappa shape index (κ3) is 3.38. The minimum atomic E-state index is 0.470. The minimum Gasteiger partial charge on any atom is -0.493 e. The standard InChI is InChI=1S/C18H20N4OS/c1-3-4-11-23-17-10-9-14-7-5-6-8-15(14)16(17)12-19-22-13(2)20-21-18(22)24/h5-10,12H,3-4,11H2,1-2H3,(H,21,24)/b19-12+. The number of aryl methyl sites for hydroxylation is 1. The summed E-state index contributed by atoms with van der Waals surface area (Å²) < 4.78 is 8.04. The average Bonchev–Trinajstić information content (AvgIpc) is 2.92. The van der Waals surface area contributed by atoms with Gasteiger partial charge in [-0.1, -0.05) is 43.7 Å². The summed E-state index contributed by atoms with van der Waals surface area (Å²) in [4.78, 5) is 0. The van der Waals surface area contributed by atoms with Crippen LogP contribution in [0.25, 0.3) is 10.8 Å². The number of H-pyrrole nitrogens is 1.